The molecule has 1 atom stereocenters. The minimum atomic E-state index is -3.59. The number of hydrogen-bond acceptors (Lipinski definition) is 6. The summed E-state index contributed by atoms with van der Waals surface area (Å²) in [4.78, 5) is 14.7. The van der Waals surface area contributed by atoms with Gasteiger partial charge in [0.1, 0.15) is 5.75 Å². The Morgan fingerprint density at radius 3 is 2.38 bits per heavy atom. The molecule has 29 heavy (non-hydrogen) atoms. The highest BCUT2D eigenvalue weighted by Crippen LogP contribution is 2.19. The van der Waals surface area contributed by atoms with Gasteiger partial charge >= 0.3 is 0 Å². The second-order valence-corrected chi connectivity index (χ2v) is 9.50. The maximum atomic E-state index is 12.4. The molecule has 1 heterocycles. The SMILES string of the molecule is CCC(CC)C(CNC(=O)CS(=O)(=O)Cc1ccc(C#N)cc1)N1CCOCC1. The lowest BCUT2D eigenvalue weighted by atomic mass is 9.92. The Hall–Kier alpha value is -1.95. The standard InChI is InChI=1S/C21H31N3O4S/c1-3-19(4-2)20(24-9-11-28-12-10-24)14-23-21(25)16-29(26,27)15-18-7-5-17(13-22)6-8-18/h5-8,19-20H,3-4,9-12,14-16H2,1-2H3,(H,23,25). The van der Waals surface area contributed by atoms with Crippen molar-refractivity contribution in [1.82, 2.24) is 10.2 Å². The molecule has 0 saturated carbocycles. The van der Waals surface area contributed by atoms with Crippen LogP contribution >= 0.6 is 0 Å². The lowest BCUT2D eigenvalue weighted by Crippen LogP contribution is -2.52. The summed E-state index contributed by atoms with van der Waals surface area (Å²) in [6.07, 6.45) is 2.01. The predicted octanol–water partition coefficient (Wildman–Crippen LogP) is 1.73. The van der Waals surface area contributed by atoms with Gasteiger partial charge in [-0.1, -0.05) is 38.8 Å². The first-order chi connectivity index (χ1) is 13.9. The molecular formula is C21H31N3O4S. The zero-order valence-electron chi connectivity index (χ0n) is 17.3. The van der Waals surface area contributed by atoms with Gasteiger partial charge in [0.25, 0.3) is 0 Å². The number of nitriles is 1. The van der Waals surface area contributed by atoms with E-state index in [1.807, 2.05) is 6.07 Å². The number of rotatable bonds is 10. The summed E-state index contributed by atoms with van der Waals surface area (Å²) in [5.41, 5.74) is 1.04. The first kappa shape index (κ1) is 23.3. The molecule has 7 nitrogen and oxygen atoms in total. The highest BCUT2D eigenvalue weighted by Gasteiger charge is 2.28. The fraction of sp³-hybridized carbons (Fsp3) is 0.619. The van der Waals surface area contributed by atoms with Crippen LogP contribution in [0.5, 0.6) is 0 Å². The molecule has 8 heteroatoms. The lowest BCUT2D eigenvalue weighted by molar-refractivity contribution is -0.119. The third-order valence-electron chi connectivity index (χ3n) is 5.44. The van der Waals surface area contributed by atoms with Crippen LogP contribution in [0.15, 0.2) is 24.3 Å². The van der Waals surface area contributed by atoms with E-state index in [1.54, 1.807) is 24.3 Å². The number of benzene rings is 1. The van der Waals surface area contributed by atoms with Crippen LogP contribution in [0.1, 0.15) is 37.8 Å². The van der Waals surface area contributed by atoms with Crippen LogP contribution in [0.25, 0.3) is 0 Å². The van der Waals surface area contributed by atoms with E-state index in [1.165, 1.54) is 0 Å². The van der Waals surface area contributed by atoms with Gasteiger partial charge in [0.2, 0.25) is 5.91 Å². The zero-order valence-corrected chi connectivity index (χ0v) is 18.1. The van der Waals surface area contributed by atoms with Crippen molar-refractivity contribution in [2.75, 3.05) is 38.6 Å². The van der Waals surface area contributed by atoms with Crippen LogP contribution in [0, 0.1) is 17.2 Å². The van der Waals surface area contributed by atoms with Gasteiger partial charge in [0, 0.05) is 25.7 Å². The molecule has 1 unspecified atom stereocenters. The van der Waals surface area contributed by atoms with Gasteiger partial charge < -0.3 is 10.1 Å². The molecule has 1 saturated heterocycles. The average molecular weight is 422 g/mol. The van der Waals surface area contributed by atoms with Gasteiger partial charge in [-0.2, -0.15) is 5.26 Å². The highest BCUT2D eigenvalue weighted by molar-refractivity contribution is 7.91. The van der Waals surface area contributed by atoms with Crippen LogP contribution in [0.3, 0.4) is 0 Å². The van der Waals surface area contributed by atoms with Crippen LogP contribution in [0.4, 0.5) is 0 Å². The summed E-state index contributed by atoms with van der Waals surface area (Å²) in [5.74, 6) is -0.788. The molecule has 1 aromatic carbocycles. The van der Waals surface area contributed by atoms with Crippen molar-refractivity contribution in [1.29, 1.82) is 5.26 Å². The summed E-state index contributed by atoms with van der Waals surface area (Å²) < 4.78 is 30.2. The Bertz CT molecular complexity index is 792. The first-order valence-electron chi connectivity index (χ1n) is 10.2. The number of ether oxygens (including phenoxy) is 1. The third kappa shape index (κ3) is 7.42. The zero-order chi connectivity index (χ0) is 21.3. The lowest BCUT2D eigenvalue weighted by Gasteiger charge is -2.38. The van der Waals surface area contributed by atoms with E-state index in [0.29, 0.717) is 36.8 Å². The minimum absolute atomic E-state index is 0.180. The minimum Gasteiger partial charge on any atom is -0.379 e. The van der Waals surface area contributed by atoms with Crippen molar-refractivity contribution in [2.24, 2.45) is 5.92 Å². The summed E-state index contributed by atoms with van der Waals surface area (Å²) >= 11 is 0. The maximum Gasteiger partial charge on any atom is 0.235 e. The smallest absolute Gasteiger partial charge is 0.235 e. The van der Waals surface area contributed by atoms with E-state index >= 15 is 0 Å². The molecule has 0 spiro atoms. The summed E-state index contributed by atoms with van der Waals surface area (Å²) in [6.45, 7) is 7.75. The van der Waals surface area contributed by atoms with Gasteiger partial charge in [-0.25, -0.2) is 8.42 Å². The highest BCUT2D eigenvalue weighted by atomic mass is 32.2. The molecule has 1 aliphatic rings. The number of carbonyl (C=O) groups is 1. The average Bonchev–Trinajstić information content (AvgIpc) is 2.71. The number of hydrogen-bond donors (Lipinski definition) is 1. The van der Waals surface area contributed by atoms with E-state index < -0.39 is 21.5 Å². The van der Waals surface area contributed by atoms with Gasteiger partial charge in [-0.15, -0.1) is 0 Å². The summed E-state index contributed by atoms with van der Waals surface area (Å²) in [7, 11) is -3.59. The second kappa shape index (κ2) is 11.3. The number of morpholine rings is 1. The predicted molar refractivity (Wildman–Crippen MR) is 112 cm³/mol. The van der Waals surface area contributed by atoms with E-state index in [-0.39, 0.29) is 11.8 Å². The molecule has 2 rings (SSSR count). The van der Waals surface area contributed by atoms with Crippen LogP contribution in [0.2, 0.25) is 0 Å². The van der Waals surface area contributed by atoms with E-state index in [2.05, 4.69) is 24.1 Å². The number of carbonyl (C=O) groups excluding carboxylic acids is 1. The molecular weight excluding hydrogens is 390 g/mol. The van der Waals surface area contributed by atoms with Crippen molar-refractivity contribution < 1.29 is 17.9 Å². The monoisotopic (exact) mass is 421 g/mol. The summed E-state index contributed by atoms with van der Waals surface area (Å²) in [5, 5.41) is 11.7. The molecule has 1 N–H and O–H groups in total. The quantitative estimate of drug-likeness (QED) is 0.618. The van der Waals surface area contributed by atoms with Crippen molar-refractivity contribution >= 4 is 15.7 Å². The Morgan fingerprint density at radius 2 is 1.83 bits per heavy atom. The Labute approximate surface area is 174 Å². The molecule has 0 aliphatic carbocycles. The van der Waals surface area contributed by atoms with Crippen molar-refractivity contribution in [3.05, 3.63) is 35.4 Å². The third-order valence-corrected chi connectivity index (χ3v) is 6.91. The van der Waals surface area contributed by atoms with Gasteiger partial charge in [0.05, 0.1) is 30.6 Å². The molecule has 1 aromatic rings. The molecule has 160 valence electrons. The Morgan fingerprint density at radius 1 is 1.21 bits per heavy atom. The van der Waals surface area contributed by atoms with Crippen molar-refractivity contribution in [3.63, 3.8) is 0 Å². The van der Waals surface area contributed by atoms with Crippen LogP contribution in [-0.4, -0.2) is 63.9 Å². The van der Waals surface area contributed by atoms with E-state index in [4.69, 9.17) is 10.00 Å². The first-order valence-corrected chi connectivity index (χ1v) is 12.0. The van der Waals surface area contributed by atoms with E-state index in [9.17, 15) is 13.2 Å². The Kier molecular flexibility index (Phi) is 9.08. The maximum absolute atomic E-state index is 12.4. The topological polar surface area (TPSA) is 99.5 Å². The number of nitrogens with zero attached hydrogens (tertiary/aromatic N) is 2. The van der Waals surface area contributed by atoms with E-state index in [0.717, 1.165) is 25.9 Å². The van der Waals surface area contributed by atoms with Gasteiger partial charge in [-0.05, 0) is 23.6 Å². The fourth-order valence-electron chi connectivity index (χ4n) is 3.79. The number of sulfone groups is 1. The Balaban J connectivity index is 1.93. The number of nitrogens with one attached hydrogen (secondary N) is 1. The van der Waals surface area contributed by atoms with Gasteiger partial charge in [0.15, 0.2) is 9.84 Å². The second-order valence-electron chi connectivity index (χ2n) is 7.44. The number of amides is 1. The van der Waals surface area contributed by atoms with Gasteiger partial charge in [-0.3, -0.25) is 9.69 Å². The fourth-order valence-corrected chi connectivity index (χ4v) is 5.09. The van der Waals surface area contributed by atoms with Crippen molar-refractivity contribution in [2.45, 2.75) is 38.5 Å². The van der Waals surface area contributed by atoms with Crippen LogP contribution in [-0.2, 0) is 25.1 Å². The molecule has 1 amide bonds. The van der Waals surface area contributed by atoms with Crippen LogP contribution < -0.4 is 5.32 Å². The molecule has 1 fully saturated rings. The molecule has 0 aromatic heterocycles. The normalized spacial score (nSPS) is 16.3. The van der Waals surface area contributed by atoms with Crippen molar-refractivity contribution in [3.8, 4) is 6.07 Å². The molecule has 0 bridgehead atoms. The molecule has 0 radical (unpaired) electrons. The summed E-state index contributed by atoms with van der Waals surface area (Å²) in [6, 6.07) is 8.54. The largest absolute Gasteiger partial charge is 0.379 e. The molecule has 1 aliphatic heterocycles.